The standard InChI is InChI=1S/C30H41N5O3/c1-23(35-21-26(31-32-35)11-6-10-25-8-4-3-5-9-25)20-27-13-14-29(38-27)24(2)30(36)34-17-15-33(16-18-34)22-28-12-7-19-37-28/h3-5,8-9,21,23-24,27-29H,7,10,12-20,22H2,1-2H3/t23-,24-,27+,28?,29-/m1/s1. The minimum Gasteiger partial charge on any atom is -0.377 e. The Labute approximate surface area is 226 Å². The first kappa shape index (κ1) is 26.9. The third-order valence-electron chi connectivity index (χ3n) is 8.18. The SMILES string of the molecule is C[C@H](C[C@@H]1CC[C@H]([C@@H](C)C(=O)N2CCN(CC3CCCO3)CC2)O1)n1cc(C#CCc2ccccc2)nn1. The molecule has 204 valence electrons. The van der Waals surface area contributed by atoms with Crippen molar-refractivity contribution in [2.24, 2.45) is 5.92 Å². The van der Waals surface area contributed by atoms with E-state index in [1.54, 1.807) is 0 Å². The molecule has 0 bridgehead atoms. The summed E-state index contributed by atoms with van der Waals surface area (Å²) in [6.45, 7) is 9.52. The van der Waals surface area contributed by atoms with Gasteiger partial charge in [-0.25, -0.2) is 4.68 Å². The Hall–Kier alpha value is -2.73. The van der Waals surface area contributed by atoms with E-state index < -0.39 is 0 Å². The van der Waals surface area contributed by atoms with Crippen molar-refractivity contribution < 1.29 is 14.3 Å². The fraction of sp³-hybridized carbons (Fsp3) is 0.633. The lowest BCUT2D eigenvalue weighted by Gasteiger charge is -2.37. The third-order valence-corrected chi connectivity index (χ3v) is 8.18. The smallest absolute Gasteiger partial charge is 0.228 e. The van der Waals surface area contributed by atoms with Crippen LogP contribution in [-0.4, -0.2) is 88.3 Å². The van der Waals surface area contributed by atoms with Crippen LogP contribution in [0.1, 0.15) is 63.3 Å². The molecule has 5 rings (SSSR count). The molecule has 3 fully saturated rings. The molecule has 1 unspecified atom stereocenters. The molecule has 0 aliphatic carbocycles. The highest BCUT2D eigenvalue weighted by molar-refractivity contribution is 5.79. The Morgan fingerprint density at radius 1 is 1.08 bits per heavy atom. The molecule has 2 aromatic rings. The average Bonchev–Trinajstić information content (AvgIpc) is 3.72. The van der Waals surface area contributed by atoms with Crippen molar-refractivity contribution in [2.75, 3.05) is 39.3 Å². The second-order valence-corrected chi connectivity index (χ2v) is 11.1. The molecule has 3 aliphatic rings. The maximum Gasteiger partial charge on any atom is 0.228 e. The zero-order chi connectivity index (χ0) is 26.3. The Morgan fingerprint density at radius 2 is 1.89 bits per heavy atom. The monoisotopic (exact) mass is 519 g/mol. The van der Waals surface area contributed by atoms with Crippen molar-refractivity contribution in [3.63, 3.8) is 0 Å². The zero-order valence-corrected chi connectivity index (χ0v) is 22.8. The summed E-state index contributed by atoms with van der Waals surface area (Å²) in [5, 5.41) is 8.53. The lowest BCUT2D eigenvalue weighted by atomic mass is 9.99. The maximum atomic E-state index is 13.2. The molecule has 8 heteroatoms. The summed E-state index contributed by atoms with van der Waals surface area (Å²) in [6, 6.07) is 10.4. The minimum atomic E-state index is -0.113. The van der Waals surface area contributed by atoms with Gasteiger partial charge < -0.3 is 14.4 Å². The fourth-order valence-electron chi connectivity index (χ4n) is 5.82. The number of benzene rings is 1. The molecule has 3 saturated heterocycles. The van der Waals surface area contributed by atoms with Crippen molar-refractivity contribution in [1.82, 2.24) is 24.8 Å². The number of aromatic nitrogens is 3. The molecular formula is C30H41N5O3. The molecule has 1 aromatic heterocycles. The molecule has 0 radical (unpaired) electrons. The first-order valence-corrected chi connectivity index (χ1v) is 14.3. The van der Waals surface area contributed by atoms with Gasteiger partial charge in [-0.15, -0.1) is 5.10 Å². The highest BCUT2D eigenvalue weighted by atomic mass is 16.5. The van der Waals surface area contributed by atoms with Crippen LogP contribution in [0, 0.1) is 17.8 Å². The third kappa shape index (κ3) is 7.02. The predicted molar refractivity (Wildman–Crippen MR) is 145 cm³/mol. The Balaban J connectivity index is 1.05. The average molecular weight is 520 g/mol. The number of carbonyl (C=O) groups excluding carboxylic acids is 1. The first-order chi connectivity index (χ1) is 18.5. The maximum absolute atomic E-state index is 13.2. The van der Waals surface area contributed by atoms with E-state index in [9.17, 15) is 4.79 Å². The highest BCUT2D eigenvalue weighted by Crippen LogP contribution is 2.31. The van der Waals surface area contributed by atoms with Crippen LogP contribution in [0.25, 0.3) is 0 Å². The summed E-state index contributed by atoms with van der Waals surface area (Å²) >= 11 is 0. The molecule has 3 aliphatic heterocycles. The second kappa shape index (κ2) is 12.9. The van der Waals surface area contributed by atoms with Crippen LogP contribution >= 0.6 is 0 Å². The fourth-order valence-corrected chi connectivity index (χ4v) is 5.82. The molecule has 5 atom stereocenters. The van der Waals surface area contributed by atoms with E-state index in [4.69, 9.17) is 9.47 Å². The molecule has 0 saturated carbocycles. The van der Waals surface area contributed by atoms with Gasteiger partial charge in [-0.05, 0) is 50.5 Å². The summed E-state index contributed by atoms with van der Waals surface area (Å²) < 4.78 is 14.1. The van der Waals surface area contributed by atoms with Crippen molar-refractivity contribution >= 4 is 5.91 Å². The van der Waals surface area contributed by atoms with Gasteiger partial charge in [-0.2, -0.15) is 0 Å². The molecule has 38 heavy (non-hydrogen) atoms. The minimum absolute atomic E-state index is 0.0141. The van der Waals surface area contributed by atoms with Crippen molar-refractivity contribution in [1.29, 1.82) is 0 Å². The van der Waals surface area contributed by atoms with E-state index >= 15 is 0 Å². The molecule has 8 nitrogen and oxygen atoms in total. The normalized spacial score (nSPS) is 25.6. The van der Waals surface area contributed by atoms with Crippen LogP contribution in [0.3, 0.4) is 0 Å². The van der Waals surface area contributed by atoms with Gasteiger partial charge in [0.2, 0.25) is 5.91 Å². The van der Waals surface area contributed by atoms with Gasteiger partial charge in [-0.1, -0.05) is 48.4 Å². The molecule has 0 spiro atoms. The summed E-state index contributed by atoms with van der Waals surface area (Å²) in [7, 11) is 0. The molecular weight excluding hydrogens is 478 g/mol. The molecule has 4 heterocycles. The van der Waals surface area contributed by atoms with E-state index in [1.807, 2.05) is 40.9 Å². The lowest BCUT2D eigenvalue weighted by molar-refractivity contribution is -0.141. The van der Waals surface area contributed by atoms with Gasteiger partial charge in [0, 0.05) is 45.8 Å². The largest absolute Gasteiger partial charge is 0.377 e. The number of piperazine rings is 1. The van der Waals surface area contributed by atoms with Gasteiger partial charge in [0.15, 0.2) is 5.69 Å². The summed E-state index contributed by atoms with van der Waals surface area (Å²) in [4.78, 5) is 17.7. The van der Waals surface area contributed by atoms with E-state index in [2.05, 4.69) is 46.1 Å². The van der Waals surface area contributed by atoms with Crippen molar-refractivity contribution in [2.45, 2.75) is 76.7 Å². The van der Waals surface area contributed by atoms with Gasteiger partial charge in [-0.3, -0.25) is 9.69 Å². The van der Waals surface area contributed by atoms with Crippen LogP contribution in [0.4, 0.5) is 0 Å². The van der Waals surface area contributed by atoms with Crippen LogP contribution in [0.5, 0.6) is 0 Å². The number of hydrogen-bond acceptors (Lipinski definition) is 6. The van der Waals surface area contributed by atoms with Crippen molar-refractivity contribution in [3.8, 4) is 11.8 Å². The molecule has 1 aromatic carbocycles. The Kier molecular flexibility index (Phi) is 9.10. The number of ether oxygens (including phenoxy) is 2. The van der Waals surface area contributed by atoms with Crippen LogP contribution in [0.2, 0.25) is 0 Å². The van der Waals surface area contributed by atoms with Gasteiger partial charge in [0.05, 0.1) is 36.5 Å². The topological polar surface area (TPSA) is 72.7 Å². The Bertz CT molecular complexity index is 1100. The van der Waals surface area contributed by atoms with Gasteiger partial charge in [0.25, 0.3) is 0 Å². The highest BCUT2D eigenvalue weighted by Gasteiger charge is 2.36. The number of hydrogen-bond donors (Lipinski definition) is 0. The van der Waals surface area contributed by atoms with E-state index in [0.29, 0.717) is 18.2 Å². The van der Waals surface area contributed by atoms with E-state index in [1.165, 1.54) is 12.0 Å². The summed E-state index contributed by atoms with van der Waals surface area (Å²) in [6.07, 6.45) is 8.18. The number of carbonyl (C=O) groups is 1. The Morgan fingerprint density at radius 3 is 2.66 bits per heavy atom. The lowest BCUT2D eigenvalue weighted by Crippen LogP contribution is -2.52. The predicted octanol–water partition coefficient (Wildman–Crippen LogP) is 3.33. The number of rotatable bonds is 8. The van der Waals surface area contributed by atoms with Gasteiger partial charge in [0.1, 0.15) is 0 Å². The second-order valence-electron chi connectivity index (χ2n) is 11.1. The summed E-state index contributed by atoms with van der Waals surface area (Å²) in [5.74, 6) is 6.42. The number of amides is 1. The molecule has 1 amide bonds. The number of nitrogens with zero attached hydrogens (tertiary/aromatic N) is 5. The zero-order valence-electron chi connectivity index (χ0n) is 22.8. The van der Waals surface area contributed by atoms with Crippen LogP contribution < -0.4 is 0 Å². The quantitative estimate of drug-likeness (QED) is 0.498. The molecule has 0 N–H and O–H groups in total. The van der Waals surface area contributed by atoms with Crippen LogP contribution in [0.15, 0.2) is 36.5 Å². The van der Waals surface area contributed by atoms with E-state index in [-0.39, 0.29) is 30.1 Å². The summed E-state index contributed by atoms with van der Waals surface area (Å²) in [5.41, 5.74) is 1.88. The van der Waals surface area contributed by atoms with Crippen LogP contribution in [-0.2, 0) is 20.7 Å². The van der Waals surface area contributed by atoms with Gasteiger partial charge >= 0.3 is 0 Å². The first-order valence-electron chi connectivity index (χ1n) is 14.3. The van der Waals surface area contributed by atoms with Crippen molar-refractivity contribution in [3.05, 3.63) is 47.8 Å². The van der Waals surface area contributed by atoms with E-state index in [0.717, 1.165) is 65.0 Å².